The largest absolute Gasteiger partial charge is 0.453 e. The van der Waals surface area contributed by atoms with E-state index in [4.69, 9.17) is 14.2 Å². The fourth-order valence-corrected chi connectivity index (χ4v) is 1.82. The Morgan fingerprint density at radius 2 is 2.30 bits per heavy atom. The van der Waals surface area contributed by atoms with Gasteiger partial charge in [-0.15, -0.1) is 5.92 Å². The van der Waals surface area contributed by atoms with Crippen LogP contribution in [0.4, 0.5) is 0 Å². The van der Waals surface area contributed by atoms with Crippen LogP contribution < -0.4 is 0 Å². The Labute approximate surface area is 118 Å². The van der Waals surface area contributed by atoms with Gasteiger partial charge in [0.15, 0.2) is 0 Å². The highest BCUT2D eigenvalue weighted by Crippen LogP contribution is 2.36. The average Bonchev–Trinajstić information content (AvgIpc) is 2.95. The molecule has 0 aromatic heterocycles. The summed E-state index contributed by atoms with van der Waals surface area (Å²) in [5.41, 5.74) is 0.869. The Hall–Kier alpha value is -2.41. The molecule has 0 saturated heterocycles. The number of ether oxygens (including phenoxy) is 3. The van der Waals surface area contributed by atoms with Gasteiger partial charge in [0.25, 0.3) is 0 Å². The van der Waals surface area contributed by atoms with Gasteiger partial charge < -0.3 is 14.2 Å². The van der Waals surface area contributed by atoms with Crippen molar-refractivity contribution in [3.8, 4) is 11.8 Å². The number of hydrogen-bond donors (Lipinski definition) is 0. The summed E-state index contributed by atoms with van der Waals surface area (Å²) in [4.78, 5) is 11.7. The monoisotopic (exact) mass is 272 g/mol. The van der Waals surface area contributed by atoms with Crippen LogP contribution in [0, 0.1) is 11.8 Å². The van der Waals surface area contributed by atoms with Crippen molar-refractivity contribution in [2.75, 3.05) is 0 Å². The van der Waals surface area contributed by atoms with E-state index < -0.39 is 17.9 Å². The van der Waals surface area contributed by atoms with Crippen molar-refractivity contribution in [3.05, 3.63) is 48.0 Å². The number of rotatable bonds is 2. The Morgan fingerprint density at radius 3 is 3.00 bits per heavy atom. The number of carbonyl (C=O) groups is 1. The Balaban J connectivity index is 2.10. The second-order valence-corrected chi connectivity index (χ2v) is 4.62. The van der Waals surface area contributed by atoms with Crippen molar-refractivity contribution in [1.82, 2.24) is 0 Å². The first-order valence-corrected chi connectivity index (χ1v) is 6.26. The van der Waals surface area contributed by atoms with Crippen molar-refractivity contribution in [2.45, 2.75) is 32.7 Å². The highest BCUT2D eigenvalue weighted by Gasteiger charge is 2.48. The molecule has 1 spiro atoms. The van der Waals surface area contributed by atoms with Crippen LogP contribution in [-0.4, -0.2) is 17.9 Å². The van der Waals surface area contributed by atoms with Crippen LogP contribution in [-0.2, 0) is 19.0 Å². The molecule has 0 N–H and O–H groups in total. The zero-order valence-electron chi connectivity index (χ0n) is 11.7. The molecule has 2 unspecified atom stereocenters. The summed E-state index contributed by atoms with van der Waals surface area (Å²) in [6, 6.07) is 0. The van der Waals surface area contributed by atoms with Crippen molar-refractivity contribution in [2.24, 2.45) is 0 Å². The minimum absolute atomic E-state index is 0.424. The molecule has 2 atom stereocenters. The zero-order chi connectivity index (χ0) is 14.6. The molecule has 0 aliphatic carbocycles. The van der Waals surface area contributed by atoms with Crippen molar-refractivity contribution < 1.29 is 19.0 Å². The maximum atomic E-state index is 11.7. The van der Waals surface area contributed by atoms with Crippen LogP contribution >= 0.6 is 0 Å². The summed E-state index contributed by atoms with van der Waals surface area (Å²) in [7, 11) is 0. The molecule has 2 heterocycles. The van der Waals surface area contributed by atoms with E-state index in [1.807, 2.05) is 13.8 Å². The van der Waals surface area contributed by atoms with Gasteiger partial charge in [-0.3, -0.25) is 0 Å². The van der Waals surface area contributed by atoms with E-state index in [9.17, 15) is 4.79 Å². The topological polar surface area (TPSA) is 44.8 Å². The lowest BCUT2D eigenvalue weighted by Gasteiger charge is -2.27. The second kappa shape index (κ2) is 5.70. The Morgan fingerprint density at radius 1 is 1.50 bits per heavy atom. The van der Waals surface area contributed by atoms with Gasteiger partial charge in [0.1, 0.15) is 5.76 Å². The van der Waals surface area contributed by atoms with Gasteiger partial charge in [0.05, 0.1) is 6.26 Å². The van der Waals surface area contributed by atoms with Gasteiger partial charge in [-0.25, -0.2) is 4.79 Å². The molecule has 0 bridgehead atoms. The van der Waals surface area contributed by atoms with E-state index in [0.29, 0.717) is 5.76 Å². The van der Waals surface area contributed by atoms with Crippen LogP contribution in [0.5, 0.6) is 0 Å². The normalized spacial score (nSPS) is 27.8. The third-order valence-electron chi connectivity index (χ3n) is 2.67. The Kier molecular flexibility index (Phi) is 3.99. The number of allylic oxidation sites excluding steroid dienone is 3. The van der Waals surface area contributed by atoms with Gasteiger partial charge in [-0.1, -0.05) is 11.5 Å². The van der Waals surface area contributed by atoms with Gasteiger partial charge in [0, 0.05) is 18.2 Å². The molecule has 0 amide bonds. The minimum Gasteiger partial charge on any atom is -0.453 e. The molecule has 0 aromatic carbocycles. The van der Waals surface area contributed by atoms with Gasteiger partial charge in [-0.2, -0.15) is 0 Å². The van der Waals surface area contributed by atoms with Crippen LogP contribution in [0.1, 0.15) is 20.8 Å². The maximum Gasteiger partial charge on any atom is 0.331 e. The summed E-state index contributed by atoms with van der Waals surface area (Å²) in [6.07, 6.45) is 9.03. The fourth-order valence-electron chi connectivity index (χ4n) is 1.82. The third-order valence-corrected chi connectivity index (χ3v) is 2.67. The first kappa shape index (κ1) is 14.0. The predicted molar refractivity (Wildman–Crippen MR) is 74.0 cm³/mol. The van der Waals surface area contributed by atoms with E-state index in [0.717, 1.165) is 5.57 Å². The Bertz CT molecular complexity index is 579. The summed E-state index contributed by atoms with van der Waals surface area (Å²) >= 11 is 0. The van der Waals surface area contributed by atoms with Crippen LogP contribution in [0.15, 0.2) is 48.0 Å². The van der Waals surface area contributed by atoms with E-state index in [2.05, 4.69) is 11.8 Å². The maximum absolute atomic E-state index is 11.7. The summed E-state index contributed by atoms with van der Waals surface area (Å²) in [5.74, 6) is 4.59. The third kappa shape index (κ3) is 2.94. The van der Waals surface area contributed by atoms with Crippen LogP contribution in [0.3, 0.4) is 0 Å². The smallest absolute Gasteiger partial charge is 0.331 e. The van der Waals surface area contributed by atoms with E-state index >= 15 is 0 Å². The molecule has 104 valence electrons. The van der Waals surface area contributed by atoms with Crippen molar-refractivity contribution >= 4 is 5.97 Å². The van der Waals surface area contributed by atoms with Crippen molar-refractivity contribution in [3.63, 3.8) is 0 Å². The number of esters is 1. The molecule has 20 heavy (non-hydrogen) atoms. The highest BCUT2D eigenvalue weighted by molar-refractivity contribution is 5.83. The second-order valence-electron chi connectivity index (χ2n) is 4.62. The molecule has 2 aliphatic rings. The van der Waals surface area contributed by atoms with E-state index in [1.165, 1.54) is 12.3 Å². The SMILES string of the molecule is CC#C/C=C1\C=CC2(OC=CC2OC(=O)C=C(C)C)O1. The first-order valence-electron chi connectivity index (χ1n) is 6.26. The number of carbonyl (C=O) groups excluding carboxylic acids is 1. The van der Waals surface area contributed by atoms with E-state index in [-0.39, 0.29) is 0 Å². The van der Waals surface area contributed by atoms with Crippen LogP contribution in [0.2, 0.25) is 0 Å². The lowest BCUT2D eigenvalue weighted by atomic mass is 10.1. The number of hydrogen-bond acceptors (Lipinski definition) is 4. The van der Waals surface area contributed by atoms with Gasteiger partial charge in [-0.05, 0) is 32.9 Å². The molecule has 0 radical (unpaired) electrons. The summed E-state index contributed by atoms with van der Waals surface area (Å²) in [6.45, 7) is 5.39. The first-order chi connectivity index (χ1) is 9.55. The summed E-state index contributed by atoms with van der Waals surface area (Å²) < 4.78 is 16.5. The molecule has 4 heteroatoms. The van der Waals surface area contributed by atoms with Crippen molar-refractivity contribution in [1.29, 1.82) is 0 Å². The molecular weight excluding hydrogens is 256 g/mol. The molecular formula is C16H16O4. The lowest BCUT2D eigenvalue weighted by molar-refractivity contribution is -0.187. The molecule has 2 aliphatic heterocycles. The molecule has 2 rings (SSSR count). The molecule has 0 fully saturated rings. The molecule has 0 aromatic rings. The average molecular weight is 272 g/mol. The molecule has 4 nitrogen and oxygen atoms in total. The minimum atomic E-state index is -1.10. The lowest BCUT2D eigenvalue weighted by Crippen LogP contribution is -2.40. The van der Waals surface area contributed by atoms with E-state index in [1.54, 1.807) is 31.2 Å². The highest BCUT2D eigenvalue weighted by atomic mass is 16.7. The van der Waals surface area contributed by atoms with Gasteiger partial charge >= 0.3 is 11.8 Å². The molecule has 0 saturated carbocycles. The zero-order valence-corrected chi connectivity index (χ0v) is 11.7. The standard InChI is InChI=1S/C16H16O4/c1-4-5-6-13-7-9-16(20-13)14(8-10-18-16)19-15(17)11-12(2)3/h6-11,14H,1-3H3/b13-6+. The van der Waals surface area contributed by atoms with Crippen LogP contribution in [0.25, 0.3) is 0 Å². The quantitative estimate of drug-likeness (QED) is 0.440. The fraction of sp³-hybridized carbons (Fsp3) is 0.312. The predicted octanol–water partition coefficient (Wildman–Crippen LogP) is 2.60. The summed E-state index contributed by atoms with van der Waals surface area (Å²) in [5, 5.41) is 0. The van der Waals surface area contributed by atoms with Gasteiger partial charge in [0.2, 0.25) is 6.10 Å².